The summed E-state index contributed by atoms with van der Waals surface area (Å²) in [6.45, 7) is 4.03. The van der Waals surface area contributed by atoms with Crippen LogP contribution in [0.25, 0.3) is 6.08 Å². The Hall–Kier alpha value is -2.40. The lowest BCUT2D eigenvalue weighted by Crippen LogP contribution is -2.40. The van der Waals surface area contributed by atoms with Crippen molar-refractivity contribution in [1.29, 1.82) is 0 Å². The van der Waals surface area contributed by atoms with Gasteiger partial charge in [0.1, 0.15) is 12.4 Å². The van der Waals surface area contributed by atoms with Crippen LogP contribution < -0.4 is 29.1 Å². The number of methoxy groups -OCH3 is 2. The van der Waals surface area contributed by atoms with E-state index in [1.807, 2.05) is 42.5 Å². The third-order valence-electron chi connectivity index (χ3n) is 6.91. The van der Waals surface area contributed by atoms with Crippen molar-refractivity contribution in [1.82, 2.24) is 4.57 Å². The van der Waals surface area contributed by atoms with E-state index in [9.17, 15) is 9.59 Å². The number of allylic oxidation sites excluding steroid dienone is 1. The molecule has 1 aromatic heterocycles. The molecule has 45 heavy (non-hydrogen) atoms. The molecule has 13 heteroatoms. The molecule has 0 saturated heterocycles. The predicted molar refractivity (Wildman–Crippen MR) is 195 cm³/mol. The van der Waals surface area contributed by atoms with Crippen molar-refractivity contribution in [2.24, 2.45) is 4.99 Å². The van der Waals surface area contributed by atoms with E-state index >= 15 is 0 Å². The Morgan fingerprint density at radius 2 is 1.80 bits per heavy atom. The summed E-state index contributed by atoms with van der Waals surface area (Å²) in [6.07, 6.45) is 1.83. The first-order chi connectivity index (χ1) is 21.6. The number of halogens is 4. The zero-order valence-electron chi connectivity index (χ0n) is 24.5. The lowest BCUT2D eigenvalue weighted by Gasteiger charge is -2.26. The normalized spacial score (nSPS) is 14.6. The molecule has 5 rings (SSSR count). The van der Waals surface area contributed by atoms with Gasteiger partial charge in [0.05, 0.1) is 49.8 Å². The number of aromatic nitrogens is 1. The maximum Gasteiger partial charge on any atom is 0.338 e. The first-order valence-corrected chi connectivity index (χ1v) is 17.7. The van der Waals surface area contributed by atoms with Crippen LogP contribution in [0.15, 0.2) is 74.1 Å². The number of hydrogen-bond acceptors (Lipinski definition) is 8. The van der Waals surface area contributed by atoms with Gasteiger partial charge in [0.25, 0.3) is 5.56 Å². The minimum Gasteiger partial charge on any atom is -0.493 e. The van der Waals surface area contributed by atoms with Crippen LogP contribution >= 0.6 is 84.0 Å². The lowest BCUT2D eigenvalue weighted by molar-refractivity contribution is -0.139. The van der Waals surface area contributed by atoms with Gasteiger partial charge in [-0.1, -0.05) is 51.0 Å². The van der Waals surface area contributed by atoms with Crippen molar-refractivity contribution in [2.75, 3.05) is 20.8 Å². The van der Waals surface area contributed by atoms with Gasteiger partial charge in [0.15, 0.2) is 16.3 Å². The predicted octanol–water partition coefficient (Wildman–Crippen LogP) is 7.02. The Balaban J connectivity index is 1.61. The van der Waals surface area contributed by atoms with E-state index in [0.29, 0.717) is 48.2 Å². The van der Waals surface area contributed by atoms with Crippen LogP contribution in [0.2, 0.25) is 5.02 Å². The molecular weight excluding hydrogens is 910 g/mol. The first-order valence-electron chi connectivity index (χ1n) is 13.5. The highest BCUT2D eigenvalue weighted by Gasteiger charge is 2.35. The molecule has 3 aromatic carbocycles. The Labute approximate surface area is 304 Å². The largest absolute Gasteiger partial charge is 0.493 e. The Bertz CT molecular complexity index is 2000. The van der Waals surface area contributed by atoms with E-state index in [-0.39, 0.29) is 17.7 Å². The van der Waals surface area contributed by atoms with Gasteiger partial charge in [-0.25, -0.2) is 9.79 Å². The quantitative estimate of drug-likeness (QED) is 0.133. The number of hydrogen-bond donors (Lipinski definition) is 0. The minimum atomic E-state index is -0.820. The summed E-state index contributed by atoms with van der Waals surface area (Å²) in [5.41, 5.74) is 2.88. The lowest BCUT2D eigenvalue weighted by atomic mass is 9.95. The van der Waals surface area contributed by atoms with Crippen molar-refractivity contribution in [3.63, 3.8) is 0 Å². The van der Waals surface area contributed by atoms with Crippen molar-refractivity contribution < 1.29 is 23.7 Å². The fourth-order valence-corrected chi connectivity index (χ4v) is 8.83. The molecule has 0 saturated carbocycles. The van der Waals surface area contributed by atoms with Gasteiger partial charge in [-0.2, -0.15) is 0 Å². The maximum atomic E-state index is 14.1. The van der Waals surface area contributed by atoms with Crippen molar-refractivity contribution in [3.8, 4) is 17.2 Å². The summed E-state index contributed by atoms with van der Waals surface area (Å²) in [7, 11) is 3.08. The second kappa shape index (κ2) is 14.6. The van der Waals surface area contributed by atoms with Gasteiger partial charge in [-0.15, -0.1) is 0 Å². The monoisotopic (exact) mass is 934 g/mol. The third kappa shape index (κ3) is 7.14. The standard InChI is InChI=1S/C32H26BrClI2N2O6S/c1-5-43-31(40)27-16(2)37-32-38(28(27)20-13-24(41-3)25(42-4)14-21(20)33)30(39)26(45-32)12-18-10-22(35)29(23(36)11-18)44-15-17-7-6-8-19(34)9-17/h6-14,28H,5,15H2,1-4H3/b26-12-/t28-/m0/s1. The highest BCUT2D eigenvalue weighted by atomic mass is 127. The third-order valence-corrected chi connectivity index (χ3v) is 10.4. The molecule has 234 valence electrons. The molecule has 4 aromatic rings. The molecule has 0 fully saturated rings. The summed E-state index contributed by atoms with van der Waals surface area (Å²) in [5, 5.41) is 0.655. The Morgan fingerprint density at radius 3 is 2.44 bits per heavy atom. The van der Waals surface area contributed by atoms with Crippen LogP contribution in [-0.2, 0) is 16.1 Å². The van der Waals surface area contributed by atoms with Crippen LogP contribution in [0, 0.1) is 7.14 Å². The average molecular weight is 936 g/mol. The molecular formula is C32H26BrClI2N2O6S. The number of esters is 1. The second-order valence-electron chi connectivity index (χ2n) is 9.76. The van der Waals surface area contributed by atoms with E-state index in [0.717, 1.165) is 24.0 Å². The molecule has 8 nitrogen and oxygen atoms in total. The van der Waals surface area contributed by atoms with Crippen LogP contribution in [0.1, 0.15) is 36.6 Å². The SMILES string of the molecule is CCOC(=O)C1=C(C)N=c2s/c(=C\c3cc(I)c(OCc4cccc(Cl)c4)c(I)c3)c(=O)n2[C@H]1c1cc(OC)c(OC)cc1Br. The van der Waals surface area contributed by atoms with Gasteiger partial charge < -0.3 is 18.9 Å². The highest BCUT2D eigenvalue weighted by molar-refractivity contribution is 14.1. The van der Waals surface area contributed by atoms with E-state index in [2.05, 4.69) is 66.1 Å². The van der Waals surface area contributed by atoms with E-state index in [1.165, 1.54) is 18.4 Å². The van der Waals surface area contributed by atoms with Crippen molar-refractivity contribution >= 4 is 96.1 Å². The fraction of sp³-hybridized carbons (Fsp3) is 0.219. The molecule has 0 unspecified atom stereocenters. The summed E-state index contributed by atoms with van der Waals surface area (Å²) >= 11 is 15.5. The van der Waals surface area contributed by atoms with E-state index in [1.54, 1.807) is 37.7 Å². The molecule has 0 amide bonds. The van der Waals surface area contributed by atoms with E-state index in [4.69, 9.17) is 30.5 Å². The van der Waals surface area contributed by atoms with E-state index < -0.39 is 12.0 Å². The minimum absolute atomic E-state index is 0.177. The molecule has 2 heterocycles. The number of fused-ring (bicyclic) bond motifs is 1. The summed E-state index contributed by atoms with van der Waals surface area (Å²) in [4.78, 5) is 32.6. The maximum absolute atomic E-state index is 14.1. The molecule has 1 aliphatic heterocycles. The van der Waals surface area contributed by atoms with Gasteiger partial charge in [0.2, 0.25) is 0 Å². The van der Waals surface area contributed by atoms with Crippen LogP contribution in [0.4, 0.5) is 0 Å². The topological polar surface area (TPSA) is 88.4 Å². The summed E-state index contributed by atoms with van der Waals surface area (Å²) in [6, 6.07) is 14.2. The molecule has 0 radical (unpaired) electrons. The number of rotatable bonds is 9. The number of carbonyl (C=O) groups excluding carboxylic acids is 1. The zero-order valence-corrected chi connectivity index (χ0v) is 31.9. The van der Waals surface area contributed by atoms with Crippen molar-refractivity contribution in [2.45, 2.75) is 26.5 Å². The average Bonchev–Trinajstić information content (AvgIpc) is 3.29. The fourth-order valence-electron chi connectivity index (χ4n) is 4.90. The molecule has 0 bridgehead atoms. The van der Waals surface area contributed by atoms with Gasteiger partial charge in [-0.05, 0) is 118 Å². The van der Waals surface area contributed by atoms with Gasteiger partial charge in [0, 0.05) is 9.50 Å². The van der Waals surface area contributed by atoms with Gasteiger partial charge in [-0.3, -0.25) is 9.36 Å². The summed E-state index contributed by atoms with van der Waals surface area (Å²) in [5.74, 6) is 1.17. The van der Waals surface area contributed by atoms with Crippen molar-refractivity contribution in [3.05, 3.63) is 113 Å². The summed E-state index contributed by atoms with van der Waals surface area (Å²) < 4.78 is 27.0. The Kier molecular flexibility index (Phi) is 11.0. The number of ether oxygens (including phenoxy) is 4. The van der Waals surface area contributed by atoms with Crippen LogP contribution in [0.3, 0.4) is 0 Å². The number of thiazole rings is 1. The molecule has 0 aliphatic carbocycles. The molecule has 0 spiro atoms. The highest BCUT2D eigenvalue weighted by Crippen LogP contribution is 2.41. The molecule has 0 N–H and O–H groups in total. The zero-order chi connectivity index (χ0) is 32.4. The van der Waals surface area contributed by atoms with Gasteiger partial charge >= 0.3 is 5.97 Å². The molecule has 1 atom stereocenters. The smallest absolute Gasteiger partial charge is 0.338 e. The Morgan fingerprint density at radius 1 is 1.11 bits per heavy atom. The second-order valence-corrected chi connectivity index (χ2v) is 14.4. The number of nitrogens with zero attached hydrogens (tertiary/aromatic N) is 2. The van der Waals surface area contributed by atoms with Crippen LogP contribution in [0.5, 0.6) is 17.2 Å². The number of benzene rings is 3. The van der Waals surface area contributed by atoms with Crippen LogP contribution in [-0.4, -0.2) is 31.4 Å². The molecule has 1 aliphatic rings. The first kappa shape index (κ1) is 33.9. The number of carbonyl (C=O) groups is 1.